The van der Waals surface area contributed by atoms with Crippen molar-refractivity contribution in [2.75, 3.05) is 63.9 Å². The predicted octanol–water partition coefficient (Wildman–Crippen LogP) is 5.24. The van der Waals surface area contributed by atoms with Crippen LogP contribution in [0.25, 0.3) is 6.08 Å². The van der Waals surface area contributed by atoms with Crippen LogP contribution in [0.1, 0.15) is 34.3 Å². The zero-order valence-electron chi connectivity index (χ0n) is 23.7. The number of anilines is 1. The summed E-state index contributed by atoms with van der Waals surface area (Å²) < 4.78 is 11.7. The number of nitrogens with zero attached hydrogens (tertiary/aromatic N) is 5. The van der Waals surface area contributed by atoms with E-state index in [1.165, 1.54) is 5.56 Å². The number of benzene rings is 2. The number of hydrogen-bond donors (Lipinski definition) is 0. The Morgan fingerprint density at radius 1 is 0.929 bits per heavy atom. The van der Waals surface area contributed by atoms with Gasteiger partial charge in [0.1, 0.15) is 11.0 Å². The number of rotatable bonds is 8. The quantitative estimate of drug-likeness (QED) is 0.196. The summed E-state index contributed by atoms with van der Waals surface area (Å²) >= 11 is 7.91. The predicted molar refractivity (Wildman–Crippen MR) is 167 cm³/mol. The Balaban J connectivity index is 0.972. The number of amides is 1. The summed E-state index contributed by atoms with van der Waals surface area (Å²) in [7, 11) is 0. The van der Waals surface area contributed by atoms with Gasteiger partial charge >= 0.3 is 0 Å². The van der Waals surface area contributed by atoms with Crippen molar-refractivity contribution < 1.29 is 14.3 Å². The lowest BCUT2D eigenvalue weighted by Crippen LogP contribution is -2.48. The molecule has 1 spiro atoms. The molecule has 3 aromatic rings. The molecule has 3 fully saturated rings. The highest BCUT2D eigenvalue weighted by Crippen LogP contribution is 2.34. The van der Waals surface area contributed by atoms with Crippen molar-refractivity contribution in [3.8, 4) is 0 Å². The second-order valence-corrected chi connectivity index (χ2v) is 12.1. The maximum absolute atomic E-state index is 13.1. The number of carbonyl (C=O) groups excluding carboxylic acids is 1. The molecule has 0 bridgehead atoms. The molecule has 0 N–H and O–H groups in total. The third kappa shape index (κ3) is 7.33. The van der Waals surface area contributed by atoms with Gasteiger partial charge in [0, 0.05) is 76.0 Å². The Kier molecular flexibility index (Phi) is 9.41. The van der Waals surface area contributed by atoms with Crippen molar-refractivity contribution in [2.24, 2.45) is 0 Å². The first-order valence-corrected chi connectivity index (χ1v) is 15.9. The maximum atomic E-state index is 13.1. The Morgan fingerprint density at radius 3 is 2.36 bits per heavy atom. The van der Waals surface area contributed by atoms with E-state index >= 15 is 0 Å². The molecule has 10 heteroatoms. The Morgan fingerprint density at radius 2 is 1.64 bits per heavy atom. The minimum atomic E-state index is -0.424. The minimum Gasteiger partial charge on any atom is -0.356 e. The van der Waals surface area contributed by atoms with E-state index in [9.17, 15) is 4.79 Å². The van der Waals surface area contributed by atoms with Gasteiger partial charge in [-0.1, -0.05) is 78.0 Å². The molecule has 8 nitrogen and oxygen atoms in total. The first-order valence-electron chi connectivity index (χ1n) is 14.6. The number of piperazine rings is 1. The topological polar surface area (TPSA) is 71.0 Å². The number of thioether (sulfide) groups is 1. The normalized spacial score (nSPS) is 19.2. The molecular formula is C32H36ClN5O3S. The van der Waals surface area contributed by atoms with Crippen LogP contribution in [0, 0.1) is 0 Å². The molecule has 0 aliphatic carbocycles. The van der Waals surface area contributed by atoms with Crippen LogP contribution in [0.15, 0.2) is 71.9 Å². The van der Waals surface area contributed by atoms with E-state index < -0.39 is 5.79 Å². The number of halogens is 1. The van der Waals surface area contributed by atoms with Gasteiger partial charge in [-0.05, 0) is 23.3 Å². The largest absolute Gasteiger partial charge is 0.356 e. The summed E-state index contributed by atoms with van der Waals surface area (Å²) in [6.07, 6.45) is 5.97. The summed E-state index contributed by atoms with van der Waals surface area (Å²) in [6.45, 7) is 7.05. The van der Waals surface area contributed by atoms with Crippen LogP contribution < -0.4 is 4.90 Å². The standard InChI is InChI=1S/C32H36ClN5O3S/c33-28-23-29(37-15-12-32(13-16-37)40-21-22-41-32)35-31(34-28)42-24-26-8-10-27(11-9-26)30(39)38-19-17-36(18-20-38)14-4-7-25-5-2-1-3-6-25/h1-11,23H,12-22,24H2. The maximum Gasteiger partial charge on any atom is 0.253 e. The number of carbonyl (C=O) groups is 1. The van der Waals surface area contributed by atoms with Gasteiger partial charge in [0.2, 0.25) is 0 Å². The smallest absolute Gasteiger partial charge is 0.253 e. The zero-order valence-corrected chi connectivity index (χ0v) is 25.2. The minimum absolute atomic E-state index is 0.0909. The molecule has 1 amide bonds. The van der Waals surface area contributed by atoms with E-state index in [0.29, 0.717) is 29.3 Å². The monoisotopic (exact) mass is 605 g/mol. The first-order chi connectivity index (χ1) is 20.6. The molecule has 3 saturated heterocycles. The first kappa shape index (κ1) is 29.1. The zero-order chi connectivity index (χ0) is 28.8. The molecule has 2 aromatic carbocycles. The number of aromatic nitrogens is 2. The van der Waals surface area contributed by atoms with Crippen LogP contribution in [0.2, 0.25) is 5.15 Å². The molecule has 1 aromatic heterocycles. The molecule has 0 saturated carbocycles. The highest BCUT2D eigenvalue weighted by molar-refractivity contribution is 7.98. The summed E-state index contributed by atoms with van der Waals surface area (Å²) in [4.78, 5) is 28.9. The fourth-order valence-corrected chi connectivity index (χ4v) is 6.62. The van der Waals surface area contributed by atoms with Crippen molar-refractivity contribution in [2.45, 2.75) is 29.5 Å². The molecule has 3 aliphatic rings. The number of ether oxygens (including phenoxy) is 2. The third-order valence-electron chi connectivity index (χ3n) is 8.03. The van der Waals surface area contributed by atoms with Gasteiger partial charge in [0.25, 0.3) is 5.91 Å². The second-order valence-electron chi connectivity index (χ2n) is 10.8. The number of piperidine rings is 1. The highest BCUT2D eigenvalue weighted by Gasteiger charge is 2.40. The van der Waals surface area contributed by atoms with Crippen molar-refractivity contribution in [1.29, 1.82) is 0 Å². The fourth-order valence-electron chi connectivity index (χ4n) is 5.58. The van der Waals surface area contributed by atoms with Crippen LogP contribution in [0.3, 0.4) is 0 Å². The van der Waals surface area contributed by atoms with Gasteiger partial charge in [0.15, 0.2) is 10.9 Å². The molecule has 220 valence electrons. The Bertz CT molecular complexity index is 1370. The Hall–Kier alpha value is -2.95. The van der Waals surface area contributed by atoms with Gasteiger partial charge in [0.05, 0.1) is 13.2 Å². The molecule has 4 heterocycles. The highest BCUT2D eigenvalue weighted by atomic mass is 35.5. The van der Waals surface area contributed by atoms with Gasteiger partial charge in [-0.25, -0.2) is 9.97 Å². The van der Waals surface area contributed by atoms with Gasteiger partial charge in [-0.15, -0.1) is 0 Å². The van der Waals surface area contributed by atoms with Crippen molar-refractivity contribution in [3.05, 3.63) is 88.6 Å². The molecule has 3 aliphatic heterocycles. The average molecular weight is 606 g/mol. The molecular weight excluding hydrogens is 570 g/mol. The lowest BCUT2D eigenvalue weighted by molar-refractivity contribution is -0.169. The Labute approximate surface area is 256 Å². The molecule has 6 rings (SSSR count). The molecule has 0 unspecified atom stereocenters. The number of hydrogen-bond acceptors (Lipinski definition) is 8. The van der Waals surface area contributed by atoms with Crippen LogP contribution >= 0.6 is 23.4 Å². The van der Waals surface area contributed by atoms with E-state index in [-0.39, 0.29) is 5.91 Å². The van der Waals surface area contributed by atoms with Crippen LogP contribution in [-0.4, -0.2) is 90.5 Å². The molecule has 42 heavy (non-hydrogen) atoms. The van der Waals surface area contributed by atoms with E-state index in [1.54, 1.807) is 11.8 Å². The third-order valence-corrected chi connectivity index (χ3v) is 9.14. The summed E-state index contributed by atoms with van der Waals surface area (Å²) in [5.41, 5.74) is 3.03. The van der Waals surface area contributed by atoms with E-state index in [4.69, 9.17) is 26.1 Å². The van der Waals surface area contributed by atoms with Crippen LogP contribution in [0.4, 0.5) is 5.82 Å². The van der Waals surface area contributed by atoms with Crippen molar-refractivity contribution >= 4 is 41.2 Å². The van der Waals surface area contributed by atoms with E-state index in [2.05, 4.69) is 39.1 Å². The summed E-state index contributed by atoms with van der Waals surface area (Å²) in [6, 6.07) is 20.0. The van der Waals surface area contributed by atoms with Crippen molar-refractivity contribution in [1.82, 2.24) is 19.8 Å². The summed E-state index contributed by atoms with van der Waals surface area (Å²) in [5, 5.41) is 1.08. The lowest BCUT2D eigenvalue weighted by atomic mass is 10.0. The van der Waals surface area contributed by atoms with Crippen LogP contribution in [-0.2, 0) is 15.2 Å². The lowest BCUT2D eigenvalue weighted by Gasteiger charge is -2.38. The van der Waals surface area contributed by atoms with Gasteiger partial charge < -0.3 is 19.3 Å². The van der Waals surface area contributed by atoms with Gasteiger partial charge in [-0.2, -0.15) is 0 Å². The van der Waals surface area contributed by atoms with Crippen LogP contribution in [0.5, 0.6) is 0 Å². The van der Waals surface area contributed by atoms with Gasteiger partial charge in [-0.3, -0.25) is 9.69 Å². The second kappa shape index (κ2) is 13.6. The van der Waals surface area contributed by atoms with E-state index in [1.807, 2.05) is 53.4 Å². The SMILES string of the molecule is O=C(c1ccc(CSc2nc(Cl)cc(N3CCC4(CC3)OCCO4)n2)cc1)N1CCN(CC=Cc2ccccc2)CC1. The van der Waals surface area contributed by atoms with E-state index in [0.717, 1.165) is 75.6 Å². The summed E-state index contributed by atoms with van der Waals surface area (Å²) in [5.74, 6) is 1.19. The molecule has 0 atom stereocenters. The molecule has 0 radical (unpaired) electrons. The van der Waals surface area contributed by atoms with Crippen molar-refractivity contribution in [3.63, 3.8) is 0 Å². The fraction of sp³-hybridized carbons (Fsp3) is 0.406. The average Bonchev–Trinajstić information content (AvgIpc) is 3.48.